The molecule has 0 aliphatic carbocycles. The first-order valence-corrected chi connectivity index (χ1v) is 9.74. The second kappa shape index (κ2) is 9.81. The second-order valence-corrected chi connectivity index (χ2v) is 7.38. The molecule has 0 unspecified atom stereocenters. The van der Waals surface area contributed by atoms with Gasteiger partial charge in [0.25, 0.3) is 5.91 Å². The number of hydrogen-bond donors (Lipinski definition) is 1. The molecule has 1 saturated heterocycles. The van der Waals surface area contributed by atoms with E-state index in [-0.39, 0.29) is 5.91 Å². The van der Waals surface area contributed by atoms with Gasteiger partial charge in [0.05, 0.1) is 0 Å². The third-order valence-electron chi connectivity index (χ3n) is 5.31. The molecule has 1 aromatic carbocycles. The monoisotopic (exact) mass is 346 g/mol. The van der Waals surface area contributed by atoms with Gasteiger partial charge in [-0.05, 0) is 82.3 Å². The van der Waals surface area contributed by atoms with E-state index in [1.807, 2.05) is 26.0 Å². The van der Waals surface area contributed by atoms with Gasteiger partial charge in [0.15, 0.2) is 6.10 Å². The van der Waals surface area contributed by atoms with Crippen LogP contribution in [0.1, 0.15) is 50.7 Å². The number of aryl methyl sites for hydroxylation is 1. The van der Waals surface area contributed by atoms with Crippen molar-refractivity contribution in [1.29, 1.82) is 0 Å². The minimum Gasteiger partial charge on any atom is -0.480 e. The van der Waals surface area contributed by atoms with Gasteiger partial charge in [0.2, 0.25) is 0 Å². The molecule has 2 rings (SSSR count). The first kappa shape index (κ1) is 19.8. The molecule has 25 heavy (non-hydrogen) atoms. The Morgan fingerprint density at radius 2 is 2.04 bits per heavy atom. The molecule has 0 spiro atoms. The molecule has 1 N–H and O–H groups in total. The average molecular weight is 347 g/mol. The summed E-state index contributed by atoms with van der Waals surface area (Å²) in [7, 11) is 0. The molecule has 1 aromatic rings. The van der Waals surface area contributed by atoms with E-state index in [0.717, 1.165) is 36.7 Å². The lowest BCUT2D eigenvalue weighted by Crippen LogP contribution is -2.40. The normalized spacial score (nSPS) is 17.3. The summed E-state index contributed by atoms with van der Waals surface area (Å²) in [6.45, 7) is 12.6. The van der Waals surface area contributed by atoms with Crippen LogP contribution in [0.25, 0.3) is 0 Å². The topological polar surface area (TPSA) is 41.6 Å². The average Bonchev–Trinajstić information content (AvgIpc) is 2.61. The highest BCUT2D eigenvalue weighted by Gasteiger charge is 2.19. The van der Waals surface area contributed by atoms with E-state index in [0.29, 0.717) is 6.42 Å². The fraction of sp³-hybridized carbons (Fsp3) is 0.667. The van der Waals surface area contributed by atoms with Gasteiger partial charge < -0.3 is 15.0 Å². The van der Waals surface area contributed by atoms with Crippen LogP contribution < -0.4 is 10.1 Å². The third kappa shape index (κ3) is 6.03. The SMILES string of the molecule is CC[C@@H](Oc1cccc(C)c1C)C(=O)NCCCN1CCC(C)CC1. The van der Waals surface area contributed by atoms with Gasteiger partial charge in [-0.25, -0.2) is 0 Å². The molecule has 0 bridgehead atoms. The Morgan fingerprint density at radius 3 is 2.72 bits per heavy atom. The number of nitrogens with zero attached hydrogens (tertiary/aromatic N) is 1. The van der Waals surface area contributed by atoms with Crippen molar-refractivity contribution in [2.24, 2.45) is 5.92 Å². The van der Waals surface area contributed by atoms with Crippen LogP contribution in [-0.4, -0.2) is 43.1 Å². The van der Waals surface area contributed by atoms with Crippen LogP contribution in [0.4, 0.5) is 0 Å². The minimum absolute atomic E-state index is 0.00401. The Morgan fingerprint density at radius 1 is 1.32 bits per heavy atom. The van der Waals surface area contributed by atoms with Crippen LogP contribution in [0.3, 0.4) is 0 Å². The number of likely N-dealkylation sites (tertiary alicyclic amines) is 1. The number of nitrogens with one attached hydrogen (secondary N) is 1. The number of hydrogen-bond acceptors (Lipinski definition) is 3. The molecule has 0 radical (unpaired) electrons. The van der Waals surface area contributed by atoms with E-state index < -0.39 is 6.10 Å². The van der Waals surface area contributed by atoms with E-state index in [9.17, 15) is 4.79 Å². The maximum Gasteiger partial charge on any atom is 0.261 e. The smallest absolute Gasteiger partial charge is 0.261 e. The predicted octanol–water partition coefficient (Wildman–Crippen LogP) is 3.70. The van der Waals surface area contributed by atoms with Crippen molar-refractivity contribution in [2.75, 3.05) is 26.2 Å². The van der Waals surface area contributed by atoms with Gasteiger partial charge in [-0.15, -0.1) is 0 Å². The van der Waals surface area contributed by atoms with Crippen LogP contribution in [0.15, 0.2) is 18.2 Å². The van der Waals surface area contributed by atoms with Gasteiger partial charge >= 0.3 is 0 Å². The summed E-state index contributed by atoms with van der Waals surface area (Å²) in [5, 5.41) is 3.05. The molecule has 140 valence electrons. The Balaban J connectivity index is 1.73. The Bertz CT molecular complexity index is 551. The molecule has 0 saturated carbocycles. The largest absolute Gasteiger partial charge is 0.480 e. The van der Waals surface area contributed by atoms with Gasteiger partial charge in [-0.2, -0.15) is 0 Å². The molecule has 1 amide bonds. The van der Waals surface area contributed by atoms with Crippen molar-refractivity contribution < 1.29 is 9.53 Å². The zero-order valence-corrected chi connectivity index (χ0v) is 16.3. The van der Waals surface area contributed by atoms with Crippen LogP contribution in [0.2, 0.25) is 0 Å². The first-order valence-electron chi connectivity index (χ1n) is 9.74. The van der Waals surface area contributed by atoms with Crippen LogP contribution >= 0.6 is 0 Å². The molecule has 4 nitrogen and oxygen atoms in total. The van der Waals surface area contributed by atoms with Crippen LogP contribution in [-0.2, 0) is 4.79 Å². The summed E-state index contributed by atoms with van der Waals surface area (Å²) >= 11 is 0. The molecule has 1 heterocycles. The number of amides is 1. The number of carbonyl (C=O) groups is 1. The highest BCUT2D eigenvalue weighted by atomic mass is 16.5. The lowest BCUT2D eigenvalue weighted by Gasteiger charge is -2.30. The predicted molar refractivity (Wildman–Crippen MR) is 103 cm³/mol. The number of piperidine rings is 1. The van der Waals surface area contributed by atoms with Gasteiger partial charge in [0, 0.05) is 6.54 Å². The molecular formula is C21H34N2O2. The molecule has 0 aromatic heterocycles. The van der Waals surface area contributed by atoms with Crippen molar-refractivity contribution in [2.45, 2.75) is 59.5 Å². The van der Waals surface area contributed by atoms with Crippen LogP contribution in [0, 0.1) is 19.8 Å². The third-order valence-corrected chi connectivity index (χ3v) is 5.31. The van der Waals surface area contributed by atoms with Gasteiger partial charge in [-0.3, -0.25) is 4.79 Å². The summed E-state index contributed by atoms with van der Waals surface area (Å²) in [6.07, 6.45) is 3.85. The lowest BCUT2D eigenvalue weighted by molar-refractivity contribution is -0.128. The van der Waals surface area contributed by atoms with Crippen molar-refractivity contribution in [3.63, 3.8) is 0 Å². The van der Waals surface area contributed by atoms with Gasteiger partial charge in [-0.1, -0.05) is 26.0 Å². The fourth-order valence-electron chi connectivity index (χ4n) is 3.24. The maximum atomic E-state index is 12.4. The maximum absolute atomic E-state index is 12.4. The van der Waals surface area contributed by atoms with E-state index in [1.54, 1.807) is 0 Å². The zero-order valence-electron chi connectivity index (χ0n) is 16.3. The van der Waals surface area contributed by atoms with Crippen molar-refractivity contribution in [3.05, 3.63) is 29.3 Å². The summed E-state index contributed by atoms with van der Waals surface area (Å²) in [5.74, 6) is 1.67. The zero-order chi connectivity index (χ0) is 18.2. The van der Waals surface area contributed by atoms with E-state index >= 15 is 0 Å². The number of benzene rings is 1. The summed E-state index contributed by atoms with van der Waals surface area (Å²) < 4.78 is 5.97. The summed E-state index contributed by atoms with van der Waals surface area (Å²) in [6, 6.07) is 5.97. The second-order valence-electron chi connectivity index (χ2n) is 7.38. The Kier molecular flexibility index (Phi) is 7.76. The van der Waals surface area contributed by atoms with Crippen LogP contribution in [0.5, 0.6) is 5.75 Å². The van der Waals surface area contributed by atoms with Gasteiger partial charge in [0.1, 0.15) is 5.75 Å². The standard InChI is InChI=1S/C21H34N2O2/c1-5-19(25-20-9-6-8-17(3)18(20)4)21(24)22-12-7-13-23-14-10-16(2)11-15-23/h6,8-9,16,19H,5,7,10-15H2,1-4H3,(H,22,24)/t19-/m1/s1. The lowest BCUT2D eigenvalue weighted by atomic mass is 9.99. The molecule has 1 aliphatic heterocycles. The summed E-state index contributed by atoms with van der Waals surface area (Å²) in [5.41, 5.74) is 2.29. The quantitative estimate of drug-likeness (QED) is 0.730. The minimum atomic E-state index is -0.420. The summed E-state index contributed by atoms with van der Waals surface area (Å²) in [4.78, 5) is 14.9. The number of rotatable bonds is 8. The number of carbonyl (C=O) groups excluding carboxylic acids is 1. The van der Waals surface area contributed by atoms with Crippen molar-refractivity contribution in [3.8, 4) is 5.75 Å². The first-order chi connectivity index (χ1) is 12.0. The van der Waals surface area contributed by atoms with E-state index in [2.05, 4.69) is 30.1 Å². The molecule has 4 heteroatoms. The van der Waals surface area contributed by atoms with E-state index in [4.69, 9.17) is 4.74 Å². The Labute approximate surface area is 152 Å². The molecule has 1 aliphatic rings. The Hall–Kier alpha value is -1.55. The van der Waals surface area contributed by atoms with Crippen molar-refractivity contribution >= 4 is 5.91 Å². The van der Waals surface area contributed by atoms with E-state index in [1.165, 1.54) is 31.5 Å². The molecule has 1 fully saturated rings. The molecule has 1 atom stereocenters. The fourth-order valence-corrected chi connectivity index (χ4v) is 3.24. The number of ether oxygens (including phenoxy) is 1. The highest BCUT2D eigenvalue weighted by Crippen LogP contribution is 2.22. The molecular weight excluding hydrogens is 312 g/mol. The van der Waals surface area contributed by atoms with Crippen molar-refractivity contribution in [1.82, 2.24) is 10.2 Å². The highest BCUT2D eigenvalue weighted by molar-refractivity contribution is 5.81.